The maximum atomic E-state index is 12.4. The standard InChI is InChI=1S/C12H16BrNO3/c1-3-12(2)8-16-7-5-14(12)11(15)9-4-6-17-10(9)13/h4,6H,3,5,7-8H2,1-2H3/t12-/m1/s1. The van der Waals surface area contributed by atoms with E-state index < -0.39 is 0 Å². The molecule has 0 bridgehead atoms. The van der Waals surface area contributed by atoms with E-state index >= 15 is 0 Å². The van der Waals surface area contributed by atoms with Gasteiger partial charge in [-0.05, 0) is 35.3 Å². The summed E-state index contributed by atoms with van der Waals surface area (Å²) in [5, 5.41) is 0. The molecule has 0 aromatic carbocycles. The van der Waals surface area contributed by atoms with Gasteiger partial charge in [0, 0.05) is 6.54 Å². The Kier molecular flexibility index (Phi) is 3.58. The van der Waals surface area contributed by atoms with E-state index in [4.69, 9.17) is 9.15 Å². The van der Waals surface area contributed by atoms with Gasteiger partial charge >= 0.3 is 0 Å². The zero-order chi connectivity index (χ0) is 12.5. The van der Waals surface area contributed by atoms with Crippen molar-refractivity contribution in [1.82, 2.24) is 4.90 Å². The third-order valence-corrected chi connectivity index (χ3v) is 3.99. The summed E-state index contributed by atoms with van der Waals surface area (Å²) in [6.45, 7) is 5.93. The van der Waals surface area contributed by atoms with Gasteiger partial charge in [0.2, 0.25) is 0 Å². The maximum absolute atomic E-state index is 12.4. The van der Waals surface area contributed by atoms with Crippen molar-refractivity contribution >= 4 is 21.8 Å². The smallest absolute Gasteiger partial charge is 0.258 e. The fourth-order valence-electron chi connectivity index (χ4n) is 2.03. The number of carbonyl (C=O) groups is 1. The molecule has 0 N–H and O–H groups in total. The first-order chi connectivity index (χ1) is 8.08. The van der Waals surface area contributed by atoms with Gasteiger partial charge in [-0.15, -0.1) is 0 Å². The second-order valence-corrected chi connectivity index (χ2v) is 5.19. The average molecular weight is 302 g/mol. The van der Waals surface area contributed by atoms with Crippen LogP contribution >= 0.6 is 15.9 Å². The van der Waals surface area contributed by atoms with Gasteiger partial charge in [-0.1, -0.05) is 6.92 Å². The fraction of sp³-hybridized carbons (Fsp3) is 0.583. The van der Waals surface area contributed by atoms with E-state index in [9.17, 15) is 4.79 Å². The highest BCUT2D eigenvalue weighted by atomic mass is 79.9. The number of ether oxygens (including phenoxy) is 1. The summed E-state index contributed by atoms with van der Waals surface area (Å²) in [6.07, 6.45) is 2.38. The van der Waals surface area contributed by atoms with Crippen LogP contribution in [0.25, 0.3) is 0 Å². The first-order valence-corrected chi connectivity index (χ1v) is 6.50. The van der Waals surface area contributed by atoms with E-state index in [2.05, 4.69) is 29.8 Å². The summed E-state index contributed by atoms with van der Waals surface area (Å²) in [6, 6.07) is 1.69. The van der Waals surface area contributed by atoms with Crippen LogP contribution in [0.3, 0.4) is 0 Å². The Morgan fingerprint density at radius 3 is 3.00 bits per heavy atom. The molecule has 2 heterocycles. The molecule has 94 valence electrons. The number of hydrogen-bond acceptors (Lipinski definition) is 3. The Balaban J connectivity index is 2.26. The van der Waals surface area contributed by atoms with Crippen molar-refractivity contribution in [2.75, 3.05) is 19.8 Å². The van der Waals surface area contributed by atoms with Crippen LogP contribution in [-0.4, -0.2) is 36.1 Å². The van der Waals surface area contributed by atoms with Gasteiger partial charge in [-0.2, -0.15) is 0 Å². The number of rotatable bonds is 2. The Bertz CT molecular complexity index is 418. The topological polar surface area (TPSA) is 42.7 Å². The molecule has 1 aliphatic rings. The number of furan rings is 1. The van der Waals surface area contributed by atoms with Crippen LogP contribution in [-0.2, 0) is 4.74 Å². The fourth-order valence-corrected chi connectivity index (χ4v) is 2.44. The molecule has 1 atom stereocenters. The Morgan fingerprint density at radius 2 is 2.41 bits per heavy atom. The minimum absolute atomic E-state index is 0.00160. The number of amides is 1. The largest absolute Gasteiger partial charge is 0.457 e. The zero-order valence-corrected chi connectivity index (χ0v) is 11.6. The van der Waals surface area contributed by atoms with Crippen molar-refractivity contribution in [3.63, 3.8) is 0 Å². The molecule has 2 rings (SSSR count). The quantitative estimate of drug-likeness (QED) is 0.843. The van der Waals surface area contributed by atoms with Crippen molar-refractivity contribution in [3.8, 4) is 0 Å². The molecule has 1 aromatic rings. The predicted octanol–water partition coefficient (Wildman–Crippen LogP) is 2.68. The lowest BCUT2D eigenvalue weighted by molar-refractivity contribution is -0.0466. The number of carbonyl (C=O) groups excluding carboxylic acids is 1. The molecule has 0 saturated carbocycles. The molecule has 1 saturated heterocycles. The monoisotopic (exact) mass is 301 g/mol. The van der Waals surface area contributed by atoms with Crippen LogP contribution in [0, 0.1) is 0 Å². The molecular weight excluding hydrogens is 286 g/mol. The minimum Gasteiger partial charge on any atom is -0.457 e. The van der Waals surface area contributed by atoms with Crippen molar-refractivity contribution in [1.29, 1.82) is 0 Å². The molecule has 0 aliphatic carbocycles. The van der Waals surface area contributed by atoms with Crippen molar-refractivity contribution < 1.29 is 13.9 Å². The number of hydrogen-bond donors (Lipinski definition) is 0. The normalized spacial score (nSPS) is 25.0. The second-order valence-electron chi connectivity index (χ2n) is 4.47. The van der Waals surface area contributed by atoms with Crippen LogP contribution in [0.2, 0.25) is 0 Å². The Labute approximate surface area is 109 Å². The van der Waals surface area contributed by atoms with Crippen LogP contribution in [0.1, 0.15) is 30.6 Å². The summed E-state index contributed by atoms with van der Waals surface area (Å²) in [5.74, 6) is -0.00160. The molecule has 0 spiro atoms. The molecule has 1 fully saturated rings. The lowest BCUT2D eigenvalue weighted by Gasteiger charge is -2.44. The van der Waals surface area contributed by atoms with Gasteiger partial charge in [0.15, 0.2) is 4.67 Å². The number of nitrogens with zero attached hydrogens (tertiary/aromatic N) is 1. The van der Waals surface area contributed by atoms with Crippen LogP contribution < -0.4 is 0 Å². The van der Waals surface area contributed by atoms with Gasteiger partial charge in [0.1, 0.15) is 0 Å². The third-order valence-electron chi connectivity index (χ3n) is 3.38. The Hall–Kier alpha value is -0.810. The lowest BCUT2D eigenvalue weighted by Crippen LogP contribution is -2.57. The lowest BCUT2D eigenvalue weighted by atomic mass is 9.95. The predicted molar refractivity (Wildman–Crippen MR) is 67.0 cm³/mol. The van der Waals surface area contributed by atoms with Gasteiger partial charge in [0.05, 0.1) is 30.6 Å². The summed E-state index contributed by atoms with van der Waals surface area (Å²) in [4.78, 5) is 14.3. The number of halogens is 1. The van der Waals surface area contributed by atoms with Crippen molar-refractivity contribution in [2.24, 2.45) is 0 Å². The highest BCUT2D eigenvalue weighted by molar-refractivity contribution is 9.10. The van der Waals surface area contributed by atoms with E-state index in [1.165, 1.54) is 6.26 Å². The Morgan fingerprint density at radius 1 is 1.65 bits per heavy atom. The highest BCUT2D eigenvalue weighted by Crippen LogP contribution is 2.28. The van der Waals surface area contributed by atoms with E-state index in [-0.39, 0.29) is 11.4 Å². The van der Waals surface area contributed by atoms with Crippen molar-refractivity contribution in [3.05, 3.63) is 22.6 Å². The number of morpholine rings is 1. The highest BCUT2D eigenvalue weighted by Gasteiger charge is 2.38. The van der Waals surface area contributed by atoms with E-state index in [1.54, 1.807) is 6.07 Å². The first kappa shape index (κ1) is 12.6. The van der Waals surface area contributed by atoms with Crippen LogP contribution in [0.5, 0.6) is 0 Å². The summed E-state index contributed by atoms with van der Waals surface area (Å²) < 4.78 is 11.1. The van der Waals surface area contributed by atoms with Crippen molar-refractivity contribution in [2.45, 2.75) is 25.8 Å². The van der Waals surface area contributed by atoms with Gasteiger partial charge in [0.25, 0.3) is 5.91 Å². The van der Waals surface area contributed by atoms with E-state index in [0.717, 1.165) is 6.42 Å². The van der Waals surface area contributed by atoms with Crippen LogP contribution in [0.15, 0.2) is 21.4 Å². The van der Waals surface area contributed by atoms with Gasteiger partial charge in [-0.3, -0.25) is 4.79 Å². The minimum atomic E-state index is -0.230. The summed E-state index contributed by atoms with van der Waals surface area (Å²) in [7, 11) is 0. The van der Waals surface area contributed by atoms with Gasteiger partial charge in [-0.25, -0.2) is 0 Å². The molecule has 5 heteroatoms. The molecular formula is C12H16BrNO3. The van der Waals surface area contributed by atoms with E-state index in [0.29, 0.717) is 30.0 Å². The van der Waals surface area contributed by atoms with Gasteiger partial charge < -0.3 is 14.1 Å². The third kappa shape index (κ3) is 2.26. The molecule has 4 nitrogen and oxygen atoms in total. The van der Waals surface area contributed by atoms with E-state index in [1.807, 2.05) is 4.90 Å². The molecule has 17 heavy (non-hydrogen) atoms. The summed E-state index contributed by atoms with van der Waals surface area (Å²) >= 11 is 3.25. The summed E-state index contributed by atoms with van der Waals surface area (Å²) in [5.41, 5.74) is 0.345. The maximum Gasteiger partial charge on any atom is 0.258 e. The second kappa shape index (κ2) is 4.82. The zero-order valence-electron chi connectivity index (χ0n) is 10.0. The average Bonchev–Trinajstić information content (AvgIpc) is 2.75. The molecule has 1 aliphatic heterocycles. The molecule has 1 amide bonds. The van der Waals surface area contributed by atoms with Crippen LogP contribution in [0.4, 0.5) is 0 Å². The first-order valence-electron chi connectivity index (χ1n) is 5.71. The molecule has 0 unspecified atom stereocenters. The molecule has 1 aromatic heterocycles. The molecule has 0 radical (unpaired) electrons. The SMILES string of the molecule is CC[C@]1(C)COCCN1C(=O)c1ccoc1Br.